The highest BCUT2D eigenvalue weighted by molar-refractivity contribution is 6.04. The van der Waals surface area contributed by atoms with Gasteiger partial charge in [-0.05, 0) is 47.5 Å². The van der Waals surface area contributed by atoms with E-state index in [0.717, 1.165) is 16.8 Å². The average molecular weight is 300 g/mol. The highest BCUT2D eigenvalue weighted by Crippen LogP contribution is 2.13. The maximum Gasteiger partial charge on any atom is 0.255 e. The number of rotatable bonds is 4. The first-order valence-electron chi connectivity index (χ1n) is 7.36. The van der Waals surface area contributed by atoms with E-state index in [0.29, 0.717) is 5.56 Å². The number of carbonyl (C=O) groups is 1. The second-order valence-electron chi connectivity index (χ2n) is 5.06. The van der Waals surface area contributed by atoms with E-state index < -0.39 is 0 Å². The van der Waals surface area contributed by atoms with Gasteiger partial charge in [-0.3, -0.25) is 9.78 Å². The summed E-state index contributed by atoms with van der Waals surface area (Å²) in [5, 5.41) is 2.89. The summed E-state index contributed by atoms with van der Waals surface area (Å²) in [5.74, 6) is -0.106. The number of nitrogens with zero attached hydrogens (tertiary/aromatic N) is 1. The molecule has 2 aromatic carbocycles. The molecule has 3 aromatic rings. The SMILES string of the molecule is O=C(Nc1ccc(C=Cc2ccncc2)cc1)c1ccccc1. The number of benzene rings is 2. The predicted octanol–water partition coefficient (Wildman–Crippen LogP) is 4.50. The molecular weight excluding hydrogens is 284 g/mol. The summed E-state index contributed by atoms with van der Waals surface area (Å²) in [6.07, 6.45) is 7.58. The topological polar surface area (TPSA) is 42.0 Å². The van der Waals surface area contributed by atoms with E-state index in [-0.39, 0.29) is 5.91 Å². The van der Waals surface area contributed by atoms with Crippen LogP contribution in [0, 0.1) is 0 Å². The van der Waals surface area contributed by atoms with Crippen molar-refractivity contribution < 1.29 is 4.79 Å². The zero-order valence-electron chi connectivity index (χ0n) is 12.5. The Morgan fingerprint density at radius 2 is 1.39 bits per heavy atom. The van der Waals surface area contributed by atoms with Crippen molar-refractivity contribution >= 4 is 23.7 Å². The van der Waals surface area contributed by atoms with Gasteiger partial charge in [-0.25, -0.2) is 0 Å². The molecule has 0 aliphatic rings. The minimum Gasteiger partial charge on any atom is -0.322 e. The fourth-order valence-electron chi connectivity index (χ4n) is 2.14. The molecule has 0 aliphatic heterocycles. The van der Waals surface area contributed by atoms with E-state index in [9.17, 15) is 4.79 Å². The molecular formula is C20H16N2O. The molecule has 3 heteroatoms. The summed E-state index contributed by atoms with van der Waals surface area (Å²) >= 11 is 0. The smallest absolute Gasteiger partial charge is 0.255 e. The number of carbonyl (C=O) groups excluding carboxylic acids is 1. The van der Waals surface area contributed by atoms with E-state index in [1.54, 1.807) is 24.5 Å². The fraction of sp³-hybridized carbons (Fsp3) is 0. The van der Waals surface area contributed by atoms with Crippen LogP contribution in [-0.4, -0.2) is 10.9 Å². The number of aromatic nitrogens is 1. The first-order chi connectivity index (χ1) is 11.3. The molecule has 0 aliphatic carbocycles. The second-order valence-corrected chi connectivity index (χ2v) is 5.06. The first-order valence-corrected chi connectivity index (χ1v) is 7.36. The van der Waals surface area contributed by atoms with Crippen molar-refractivity contribution in [2.75, 3.05) is 5.32 Å². The van der Waals surface area contributed by atoms with Gasteiger partial charge in [0.15, 0.2) is 0 Å². The fourth-order valence-corrected chi connectivity index (χ4v) is 2.14. The highest BCUT2D eigenvalue weighted by atomic mass is 16.1. The number of hydrogen-bond acceptors (Lipinski definition) is 2. The van der Waals surface area contributed by atoms with Crippen molar-refractivity contribution in [2.45, 2.75) is 0 Å². The van der Waals surface area contributed by atoms with Crippen molar-refractivity contribution in [3.05, 3.63) is 95.8 Å². The largest absolute Gasteiger partial charge is 0.322 e. The Kier molecular flexibility index (Phi) is 4.60. The molecule has 23 heavy (non-hydrogen) atoms. The van der Waals surface area contributed by atoms with Crippen molar-refractivity contribution in [3.8, 4) is 0 Å². The zero-order chi connectivity index (χ0) is 15.9. The maximum atomic E-state index is 12.1. The molecule has 1 heterocycles. The van der Waals surface area contributed by atoms with Gasteiger partial charge >= 0.3 is 0 Å². The molecule has 0 spiro atoms. The van der Waals surface area contributed by atoms with Crippen LogP contribution in [0.15, 0.2) is 79.1 Å². The Morgan fingerprint density at radius 1 is 0.783 bits per heavy atom. The summed E-state index contributed by atoms with van der Waals surface area (Å²) in [4.78, 5) is 16.1. The molecule has 0 saturated carbocycles. The van der Waals surface area contributed by atoms with Crippen LogP contribution in [0.5, 0.6) is 0 Å². The minimum atomic E-state index is -0.106. The van der Waals surface area contributed by atoms with Crippen molar-refractivity contribution in [2.24, 2.45) is 0 Å². The lowest BCUT2D eigenvalue weighted by atomic mass is 10.1. The van der Waals surface area contributed by atoms with Gasteiger partial charge in [-0.15, -0.1) is 0 Å². The average Bonchev–Trinajstić information content (AvgIpc) is 2.63. The van der Waals surface area contributed by atoms with Crippen LogP contribution < -0.4 is 5.32 Å². The molecule has 1 amide bonds. The van der Waals surface area contributed by atoms with E-state index in [1.165, 1.54) is 0 Å². The van der Waals surface area contributed by atoms with Crippen LogP contribution in [0.25, 0.3) is 12.2 Å². The number of hydrogen-bond donors (Lipinski definition) is 1. The molecule has 1 aromatic heterocycles. The molecule has 0 radical (unpaired) electrons. The van der Waals surface area contributed by atoms with Gasteiger partial charge < -0.3 is 5.32 Å². The lowest BCUT2D eigenvalue weighted by Crippen LogP contribution is -2.11. The quantitative estimate of drug-likeness (QED) is 0.770. The van der Waals surface area contributed by atoms with Crippen molar-refractivity contribution in [1.29, 1.82) is 0 Å². The van der Waals surface area contributed by atoms with Gasteiger partial charge in [0.1, 0.15) is 0 Å². The third kappa shape index (κ3) is 4.14. The van der Waals surface area contributed by atoms with Gasteiger partial charge in [-0.1, -0.05) is 42.5 Å². The van der Waals surface area contributed by atoms with Crippen LogP contribution >= 0.6 is 0 Å². The Bertz CT molecular complexity index is 794. The van der Waals surface area contributed by atoms with Crippen LogP contribution in [0.4, 0.5) is 5.69 Å². The lowest BCUT2D eigenvalue weighted by molar-refractivity contribution is 0.102. The van der Waals surface area contributed by atoms with Crippen molar-refractivity contribution in [3.63, 3.8) is 0 Å². The summed E-state index contributed by atoms with van der Waals surface area (Å²) in [6.45, 7) is 0. The molecule has 112 valence electrons. The van der Waals surface area contributed by atoms with E-state index in [1.807, 2.05) is 66.7 Å². The molecule has 3 nitrogen and oxygen atoms in total. The Balaban J connectivity index is 1.65. The number of anilines is 1. The van der Waals surface area contributed by atoms with Gasteiger partial charge in [0.25, 0.3) is 5.91 Å². The molecule has 3 rings (SSSR count). The molecule has 0 saturated heterocycles. The Labute approximate surface area is 135 Å². The van der Waals surface area contributed by atoms with E-state index >= 15 is 0 Å². The van der Waals surface area contributed by atoms with Crippen molar-refractivity contribution in [1.82, 2.24) is 4.98 Å². The Morgan fingerprint density at radius 3 is 2.04 bits per heavy atom. The molecule has 0 unspecified atom stereocenters. The summed E-state index contributed by atoms with van der Waals surface area (Å²) in [7, 11) is 0. The summed E-state index contributed by atoms with van der Waals surface area (Å²) in [6, 6.07) is 20.8. The minimum absolute atomic E-state index is 0.106. The van der Waals surface area contributed by atoms with Crippen LogP contribution in [0.1, 0.15) is 21.5 Å². The van der Waals surface area contributed by atoms with Gasteiger partial charge in [0, 0.05) is 23.6 Å². The monoisotopic (exact) mass is 300 g/mol. The highest BCUT2D eigenvalue weighted by Gasteiger charge is 2.04. The van der Waals surface area contributed by atoms with Crippen LogP contribution in [0.3, 0.4) is 0 Å². The molecule has 0 atom stereocenters. The number of pyridine rings is 1. The molecule has 0 bridgehead atoms. The van der Waals surface area contributed by atoms with Gasteiger partial charge in [0.2, 0.25) is 0 Å². The summed E-state index contributed by atoms with van der Waals surface area (Å²) in [5.41, 5.74) is 3.59. The third-order valence-electron chi connectivity index (χ3n) is 3.38. The van der Waals surface area contributed by atoms with E-state index in [4.69, 9.17) is 0 Å². The second kappa shape index (κ2) is 7.18. The van der Waals surface area contributed by atoms with Crippen LogP contribution in [-0.2, 0) is 0 Å². The van der Waals surface area contributed by atoms with Crippen LogP contribution in [0.2, 0.25) is 0 Å². The van der Waals surface area contributed by atoms with E-state index in [2.05, 4.69) is 10.3 Å². The summed E-state index contributed by atoms with van der Waals surface area (Å²) < 4.78 is 0. The van der Waals surface area contributed by atoms with Gasteiger partial charge in [-0.2, -0.15) is 0 Å². The normalized spacial score (nSPS) is 10.6. The maximum absolute atomic E-state index is 12.1. The first kappa shape index (κ1) is 14.7. The Hall–Kier alpha value is -3.20. The van der Waals surface area contributed by atoms with Gasteiger partial charge in [0.05, 0.1) is 0 Å². The lowest BCUT2D eigenvalue weighted by Gasteiger charge is -2.05. The molecule has 0 fully saturated rings. The number of nitrogens with one attached hydrogen (secondary N) is 1. The number of amides is 1. The standard InChI is InChI=1S/C20H16N2O/c23-20(18-4-2-1-3-5-18)22-19-10-8-16(9-11-19)6-7-17-12-14-21-15-13-17/h1-15H,(H,22,23). The predicted molar refractivity (Wildman–Crippen MR) is 94.0 cm³/mol. The third-order valence-corrected chi connectivity index (χ3v) is 3.38. The zero-order valence-corrected chi connectivity index (χ0v) is 12.5. The molecule has 1 N–H and O–H groups in total.